The van der Waals surface area contributed by atoms with Crippen molar-refractivity contribution in [3.63, 3.8) is 0 Å². The van der Waals surface area contributed by atoms with E-state index in [9.17, 15) is 9.59 Å². The number of fused-ring (bicyclic) bond motifs is 1. The fraction of sp³-hybridized carbons (Fsp3) is 0.125. The van der Waals surface area contributed by atoms with Crippen LogP contribution >= 0.6 is 23.1 Å². The van der Waals surface area contributed by atoms with Gasteiger partial charge >= 0.3 is 5.97 Å². The summed E-state index contributed by atoms with van der Waals surface area (Å²) in [6.45, 7) is 1.95. The second-order valence-corrected chi connectivity index (χ2v) is 7.04. The Morgan fingerprint density at radius 1 is 1.26 bits per heavy atom. The van der Waals surface area contributed by atoms with Crippen LogP contribution in [0.5, 0.6) is 0 Å². The molecule has 1 aliphatic rings. The first-order chi connectivity index (χ1) is 11.1. The third-order valence-corrected chi connectivity index (χ3v) is 5.32. The number of hydrogen-bond donors (Lipinski definition) is 1. The van der Waals surface area contributed by atoms with Crippen molar-refractivity contribution >= 4 is 53.2 Å². The predicted molar refractivity (Wildman–Crippen MR) is 96.4 cm³/mol. The maximum atomic E-state index is 12.9. The molecule has 0 bridgehead atoms. The molecule has 1 aliphatic heterocycles. The lowest BCUT2D eigenvalue weighted by Crippen LogP contribution is -2.22. The molecule has 2 heterocycles. The highest BCUT2D eigenvalue weighted by Gasteiger charge is 2.30. The van der Waals surface area contributed by atoms with E-state index in [-0.39, 0.29) is 18.0 Å². The number of ether oxygens (including phenoxy) is 1. The minimum absolute atomic E-state index is 0.0644. The van der Waals surface area contributed by atoms with Crippen molar-refractivity contribution in [2.75, 3.05) is 11.9 Å². The third-order valence-electron chi connectivity index (χ3n) is 3.38. The molecule has 0 saturated heterocycles. The lowest BCUT2D eigenvalue weighted by Gasteiger charge is -2.09. The first-order valence-electron chi connectivity index (χ1n) is 7.16. The number of thioether (sulfide) groups is 1. The van der Waals surface area contributed by atoms with Gasteiger partial charge < -0.3 is 10.1 Å². The number of thiophene rings is 1. The smallest absolute Gasteiger partial charge is 0.344 e. The Labute approximate surface area is 143 Å². The van der Waals surface area contributed by atoms with Gasteiger partial charge in [0.05, 0.1) is 17.3 Å². The van der Waals surface area contributed by atoms with E-state index in [1.54, 1.807) is 13.0 Å². The normalized spacial score (nSPS) is 14.8. The van der Waals surface area contributed by atoms with E-state index in [1.165, 1.54) is 23.1 Å². The summed E-state index contributed by atoms with van der Waals surface area (Å²) in [7, 11) is 1.87. The molecule has 0 aliphatic carbocycles. The minimum Gasteiger partial charge on any atom is -0.462 e. The van der Waals surface area contributed by atoms with Gasteiger partial charge in [-0.15, -0.1) is 0 Å². The molecular formula is C16H14BNO3S2. The Morgan fingerprint density at radius 2 is 2.04 bits per heavy atom. The van der Waals surface area contributed by atoms with Crippen LogP contribution < -0.4 is 10.1 Å². The predicted octanol–water partition coefficient (Wildman–Crippen LogP) is 2.18. The van der Waals surface area contributed by atoms with Crippen molar-refractivity contribution in [3.05, 3.63) is 51.9 Å². The van der Waals surface area contributed by atoms with Gasteiger partial charge in [0, 0.05) is 10.5 Å². The summed E-state index contributed by atoms with van der Waals surface area (Å²) in [6, 6.07) is 9.44. The zero-order chi connectivity index (χ0) is 16.4. The maximum absolute atomic E-state index is 12.9. The number of ketones is 1. The van der Waals surface area contributed by atoms with Crippen molar-refractivity contribution in [1.29, 1.82) is 0 Å². The van der Waals surface area contributed by atoms with Gasteiger partial charge in [-0.25, -0.2) is 4.79 Å². The van der Waals surface area contributed by atoms with Crippen molar-refractivity contribution in [3.8, 4) is 0 Å². The molecule has 0 spiro atoms. The number of rotatable bonds is 4. The lowest BCUT2D eigenvalue weighted by molar-refractivity contribution is -0.138. The zero-order valence-electron chi connectivity index (χ0n) is 12.7. The standard InChI is InChI=1S/C16H14BNO3S2/c1-2-21-16(20)12(13(19)9-7-8-22-14(9)17)15-18-10-5-3-4-6-11(10)23-15/h3-8,18H,2,17H2,1H3/b15-12-. The number of carbonyl (C=O) groups excluding carboxylic acids is 2. The molecule has 0 amide bonds. The highest BCUT2D eigenvalue weighted by molar-refractivity contribution is 8.03. The molecule has 116 valence electrons. The number of hydrogen-bond acceptors (Lipinski definition) is 6. The molecule has 4 nitrogen and oxygen atoms in total. The van der Waals surface area contributed by atoms with Crippen LogP contribution in [0.25, 0.3) is 0 Å². The van der Waals surface area contributed by atoms with E-state index in [1.807, 2.05) is 37.5 Å². The zero-order valence-corrected chi connectivity index (χ0v) is 14.3. The molecule has 1 aromatic carbocycles. The summed E-state index contributed by atoms with van der Waals surface area (Å²) in [6.07, 6.45) is 0. The van der Waals surface area contributed by atoms with E-state index in [0.717, 1.165) is 15.4 Å². The van der Waals surface area contributed by atoms with Crippen LogP contribution in [-0.4, -0.2) is 26.2 Å². The second kappa shape index (κ2) is 6.64. The van der Waals surface area contributed by atoms with Crippen LogP contribution in [0, 0.1) is 0 Å². The van der Waals surface area contributed by atoms with Gasteiger partial charge in [0.1, 0.15) is 5.57 Å². The third kappa shape index (κ3) is 3.07. The minimum atomic E-state index is -0.592. The molecule has 1 N–H and O–H groups in total. The maximum Gasteiger partial charge on any atom is 0.344 e. The van der Waals surface area contributed by atoms with Gasteiger partial charge in [-0.3, -0.25) is 4.79 Å². The van der Waals surface area contributed by atoms with Gasteiger partial charge in [-0.05, 0) is 35.3 Å². The molecule has 0 unspecified atom stereocenters. The van der Waals surface area contributed by atoms with Crippen LogP contribution in [0.1, 0.15) is 17.3 Å². The topological polar surface area (TPSA) is 55.4 Å². The number of para-hydroxylation sites is 1. The first kappa shape index (κ1) is 15.9. The summed E-state index contributed by atoms with van der Waals surface area (Å²) < 4.78 is 5.99. The van der Waals surface area contributed by atoms with Gasteiger partial charge in [-0.2, -0.15) is 11.3 Å². The molecule has 3 rings (SSSR count). The molecule has 0 fully saturated rings. The Hall–Kier alpha value is -1.99. The Balaban J connectivity index is 2.04. The number of carbonyl (C=O) groups is 2. The fourth-order valence-electron chi connectivity index (χ4n) is 2.28. The number of esters is 1. The van der Waals surface area contributed by atoms with Crippen LogP contribution in [0.15, 0.2) is 51.2 Å². The number of Topliss-reactive ketones (excluding diaryl/α,β-unsaturated/α-hetero) is 1. The van der Waals surface area contributed by atoms with Gasteiger partial charge in [-0.1, -0.05) is 23.9 Å². The van der Waals surface area contributed by atoms with Crippen molar-refractivity contribution in [1.82, 2.24) is 0 Å². The summed E-state index contributed by atoms with van der Waals surface area (Å²) in [5, 5.41) is 5.54. The van der Waals surface area contributed by atoms with Crippen LogP contribution in [0.4, 0.5) is 5.69 Å². The lowest BCUT2D eigenvalue weighted by atomic mass is 9.96. The Bertz CT molecular complexity index is 786. The number of anilines is 1. The first-order valence-corrected chi connectivity index (χ1v) is 8.85. The molecule has 0 saturated carbocycles. The van der Waals surface area contributed by atoms with E-state index >= 15 is 0 Å². The van der Waals surface area contributed by atoms with Crippen molar-refractivity contribution < 1.29 is 14.3 Å². The molecular weight excluding hydrogens is 329 g/mol. The van der Waals surface area contributed by atoms with Crippen LogP contribution in [0.2, 0.25) is 0 Å². The summed E-state index contributed by atoms with van der Waals surface area (Å²) in [4.78, 5) is 26.2. The second-order valence-electron chi connectivity index (χ2n) is 4.87. The molecule has 0 atom stereocenters. The number of benzene rings is 1. The van der Waals surface area contributed by atoms with Gasteiger partial charge in [0.25, 0.3) is 0 Å². The summed E-state index contributed by atoms with van der Waals surface area (Å²) in [5.74, 6) is -0.893. The molecule has 2 aromatic rings. The SMILES string of the molecule is Bc1sccc1C(=O)/C(C(=O)OCC)=C1\Nc2ccccc2S1. The molecule has 7 heteroatoms. The summed E-state index contributed by atoms with van der Waals surface area (Å²) in [5.41, 5.74) is 1.50. The molecule has 0 radical (unpaired) electrons. The highest BCUT2D eigenvalue weighted by Crippen LogP contribution is 2.42. The summed E-state index contributed by atoms with van der Waals surface area (Å²) >= 11 is 2.86. The van der Waals surface area contributed by atoms with E-state index in [0.29, 0.717) is 10.6 Å². The van der Waals surface area contributed by atoms with Crippen molar-refractivity contribution in [2.45, 2.75) is 11.8 Å². The van der Waals surface area contributed by atoms with Gasteiger partial charge in [0.15, 0.2) is 7.85 Å². The highest BCUT2D eigenvalue weighted by atomic mass is 32.2. The quantitative estimate of drug-likeness (QED) is 0.230. The van der Waals surface area contributed by atoms with Crippen LogP contribution in [-0.2, 0) is 9.53 Å². The fourth-order valence-corrected chi connectivity index (χ4v) is 4.01. The molecule has 23 heavy (non-hydrogen) atoms. The monoisotopic (exact) mass is 343 g/mol. The molecule has 1 aromatic heterocycles. The largest absolute Gasteiger partial charge is 0.462 e. The van der Waals surface area contributed by atoms with E-state index in [2.05, 4.69) is 5.32 Å². The Morgan fingerprint density at radius 3 is 2.70 bits per heavy atom. The van der Waals surface area contributed by atoms with E-state index < -0.39 is 5.97 Å². The van der Waals surface area contributed by atoms with Crippen LogP contribution in [0.3, 0.4) is 0 Å². The van der Waals surface area contributed by atoms with E-state index in [4.69, 9.17) is 4.74 Å². The van der Waals surface area contributed by atoms with Gasteiger partial charge in [0.2, 0.25) is 5.78 Å². The van der Waals surface area contributed by atoms with Crippen molar-refractivity contribution in [2.24, 2.45) is 0 Å². The average Bonchev–Trinajstić information content (AvgIpc) is 3.13. The number of nitrogens with one attached hydrogen (secondary N) is 1. The average molecular weight is 343 g/mol. The Kier molecular flexibility index (Phi) is 4.59.